The van der Waals surface area contributed by atoms with Crippen LogP contribution in [-0.2, 0) is 0 Å². The largest absolute Gasteiger partial charge is 0.323 e. The summed E-state index contributed by atoms with van der Waals surface area (Å²) < 4.78 is 0. The van der Waals surface area contributed by atoms with Crippen LogP contribution >= 0.6 is 34.8 Å². The molecule has 19 heavy (non-hydrogen) atoms. The zero-order chi connectivity index (χ0) is 13.8. The molecular formula is C13H9Cl3N2O. The van der Waals surface area contributed by atoms with Crippen molar-refractivity contribution in [3.05, 3.63) is 57.5 Å². The van der Waals surface area contributed by atoms with Crippen LogP contribution in [0.2, 0.25) is 15.1 Å². The van der Waals surface area contributed by atoms with Gasteiger partial charge in [0, 0.05) is 5.02 Å². The van der Waals surface area contributed by atoms with E-state index in [0.717, 1.165) is 0 Å². The first-order valence-electron chi connectivity index (χ1n) is 5.34. The third kappa shape index (κ3) is 3.77. The van der Waals surface area contributed by atoms with Gasteiger partial charge in [-0.3, -0.25) is 0 Å². The number of benzene rings is 2. The Balaban J connectivity index is 2.08. The molecule has 0 spiro atoms. The average Bonchev–Trinajstić information content (AvgIpc) is 2.36. The molecule has 0 aliphatic rings. The second-order valence-electron chi connectivity index (χ2n) is 3.68. The Kier molecular flexibility index (Phi) is 4.53. The minimum atomic E-state index is -0.433. The third-order valence-electron chi connectivity index (χ3n) is 2.30. The van der Waals surface area contributed by atoms with Crippen LogP contribution in [0.5, 0.6) is 0 Å². The monoisotopic (exact) mass is 314 g/mol. The first-order valence-corrected chi connectivity index (χ1v) is 6.47. The highest BCUT2D eigenvalue weighted by Crippen LogP contribution is 2.26. The van der Waals surface area contributed by atoms with Gasteiger partial charge >= 0.3 is 6.03 Å². The Morgan fingerprint density at radius 2 is 1.47 bits per heavy atom. The standard InChI is InChI=1S/C13H9Cl3N2O/c14-8-5-6-12(10(16)7-8)18-13(19)17-11-4-2-1-3-9(11)15/h1-7H,(H2,17,18,19). The van der Waals surface area contributed by atoms with Gasteiger partial charge in [-0.05, 0) is 30.3 Å². The molecule has 2 aromatic rings. The molecule has 0 heterocycles. The molecule has 0 aromatic heterocycles. The molecule has 2 aromatic carbocycles. The number of anilines is 2. The molecule has 0 aliphatic heterocycles. The van der Waals surface area contributed by atoms with E-state index in [0.29, 0.717) is 26.4 Å². The second kappa shape index (κ2) is 6.15. The van der Waals surface area contributed by atoms with Crippen molar-refractivity contribution in [1.29, 1.82) is 0 Å². The van der Waals surface area contributed by atoms with Crippen LogP contribution in [0, 0.1) is 0 Å². The predicted octanol–water partition coefficient (Wildman–Crippen LogP) is 5.29. The lowest BCUT2D eigenvalue weighted by Gasteiger charge is -2.10. The molecule has 0 saturated carbocycles. The van der Waals surface area contributed by atoms with E-state index in [1.807, 2.05) is 0 Å². The smallest absolute Gasteiger partial charge is 0.306 e. The van der Waals surface area contributed by atoms with E-state index in [2.05, 4.69) is 10.6 Å². The van der Waals surface area contributed by atoms with Crippen LogP contribution in [0.1, 0.15) is 0 Å². The van der Waals surface area contributed by atoms with Gasteiger partial charge in [-0.25, -0.2) is 4.79 Å². The lowest BCUT2D eigenvalue weighted by Crippen LogP contribution is -2.19. The van der Waals surface area contributed by atoms with E-state index < -0.39 is 6.03 Å². The van der Waals surface area contributed by atoms with E-state index in [1.165, 1.54) is 0 Å². The highest BCUT2D eigenvalue weighted by molar-refractivity contribution is 6.37. The van der Waals surface area contributed by atoms with Crippen molar-refractivity contribution >= 4 is 52.2 Å². The molecule has 6 heteroatoms. The maximum atomic E-state index is 11.8. The number of hydrogen-bond acceptors (Lipinski definition) is 1. The summed E-state index contributed by atoms with van der Waals surface area (Å²) in [6, 6.07) is 11.3. The molecule has 0 radical (unpaired) electrons. The number of hydrogen-bond donors (Lipinski definition) is 2. The van der Waals surface area contributed by atoms with Crippen LogP contribution in [-0.4, -0.2) is 6.03 Å². The van der Waals surface area contributed by atoms with Crippen LogP contribution in [0.25, 0.3) is 0 Å². The lowest BCUT2D eigenvalue weighted by atomic mass is 10.3. The number of rotatable bonds is 2. The number of urea groups is 1. The summed E-state index contributed by atoms with van der Waals surface area (Å²) in [6.45, 7) is 0. The Labute approximate surface area is 125 Å². The van der Waals surface area contributed by atoms with Gasteiger partial charge in [0.25, 0.3) is 0 Å². The number of carbonyl (C=O) groups excluding carboxylic acids is 1. The molecule has 3 nitrogen and oxygen atoms in total. The number of nitrogens with one attached hydrogen (secondary N) is 2. The summed E-state index contributed by atoms with van der Waals surface area (Å²) in [5.74, 6) is 0. The van der Waals surface area contributed by atoms with Crippen molar-refractivity contribution in [1.82, 2.24) is 0 Å². The summed E-state index contributed by atoms with van der Waals surface area (Å²) in [5.41, 5.74) is 0.988. The fourth-order valence-electron chi connectivity index (χ4n) is 1.43. The lowest BCUT2D eigenvalue weighted by molar-refractivity contribution is 0.262. The molecule has 98 valence electrons. The van der Waals surface area contributed by atoms with E-state index in [9.17, 15) is 4.79 Å². The van der Waals surface area contributed by atoms with Gasteiger partial charge in [0.05, 0.1) is 21.4 Å². The van der Waals surface area contributed by atoms with E-state index in [-0.39, 0.29) is 0 Å². The van der Waals surface area contributed by atoms with Crippen molar-refractivity contribution in [2.75, 3.05) is 10.6 Å². The summed E-state index contributed by atoms with van der Waals surface area (Å²) >= 11 is 17.7. The molecule has 0 bridgehead atoms. The van der Waals surface area contributed by atoms with Crippen molar-refractivity contribution in [3.63, 3.8) is 0 Å². The highest BCUT2D eigenvalue weighted by Gasteiger charge is 2.08. The van der Waals surface area contributed by atoms with E-state index in [1.54, 1.807) is 42.5 Å². The molecule has 0 aliphatic carbocycles. The van der Waals surface area contributed by atoms with Crippen molar-refractivity contribution in [3.8, 4) is 0 Å². The topological polar surface area (TPSA) is 41.1 Å². The summed E-state index contributed by atoms with van der Waals surface area (Å²) in [5, 5.41) is 6.56. The van der Waals surface area contributed by atoms with Gasteiger partial charge in [-0.1, -0.05) is 46.9 Å². The summed E-state index contributed by atoms with van der Waals surface area (Å²) in [4.78, 5) is 11.8. The Morgan fingerprint density at radius 3 is 2.11 bits per heavy atom. The normalized spacial score (nSPS) is 10.1. The number of amides is 2. The fourth-order valence-corrected chi connectivity index (χ4v) is 2.07. The Hall–Kier alpha value is -1.42. The SMILES string of the molecule is O=C(Nc1ccccc1Cl)Nc1ccc(Cl)cc1Cl. The average molecular weight is 316 g/mol. The van der Waals surface area contributed by atoms with Gasteiger partial charge < -0.3 is 10.6 Å². The number of halogens is 3. The maximum absolute atomic E-state index is 11.8. The van der Waals surface area contributed by atoms with Gasteiger partial charge in [-0.15, -0.1) is 0 Å². The molecule has 0 fully saturated rings. The van der Waals surface area contributed by atoms with E-state index in [4.69, 9.17) is 34.8 Å². The maximum Gasteiger partial charge on any atom is 0.323 e. The summed E-state index contributed by atoms with van der Waals surface area (Å²) in [6.07, 6.45) is 0. The third-order valence-corrected chi connectivity index (χ3v) is 3.18. The van der Waals surface area contributed by atoms with Crippen LogP contribution in [0.3, 0.4) is 0 Å². The number of carbonyl (C=O) groups is 1. The zero-order valence-electron chi connectivity index (χ0n) is 9.58. The molecule has 2 N–H and O–H groups in total. The first kappa shape index (κ1) is 14.0. The molecule has 2 amide bonds. The number of para-hydroxylation sites is 1. The highest BCUT2D eigenvalue weighted by atomic mass is 35.5. The fraction of sp³-hybridized carbons (Fsp3) is 0. The van der Waals surface area contributed by atoms with Crippen molar-refractivity contribution < 1.29 is 4.79 Å². The van der Waals surface area contributed by atoms with Crippen LogP contribution in [0.4, 0.5) is 16.2 Å². The molecule has 0 unspecified atom stereocenters. The van der Waals surface area contributed by atoms with Crippen molar-refractivity contribution in [2.24, 2.45) is 0 Å². The van der Waals surface area contributed by atoms with Gasteiger partial charge in [0.15, 0.2) is 0 Å². The first-order chi connectivity index (χ1) is 9.06. The zero-order valence-corrected chi connectivity index (χ0v) is 11.9. The second-order valence-corrected chi connectivity index (χ2v) is 4.93. The molecule has 0 saturated heterocycles. The Morgan fingerprint density at radius 1 is 0.842 bits per heavy atom. The van der Waals surface area contributed by atoms with Gasteiger partial charge in [0.1, 0.15) is 0 Å². The van der Waals surface area contributed by atoms with Gasteiger partial charge in [0.2, 0.25) is 0 Å². The van der Waals surface area contributed by atoms with Crippen LogP contribution in [0.15, 0.2) is 42.5 Å². The molecule has 0 atom stereocenters. The van der Waals surface area contributed by atoms with Crippen LogP contribution < -0.4 is 10.6 Å². The van der Waals surface area contributed by atoms with Crippen molar-refractivity contribution in [2.45, 2.75) is 0 Å². The summed E-state index contributed by atoms with van der Waals surface area (Å²) in [7, 11) is 0. The molecule has 2 rings (SSSR count). The predicted molar refractivity (Wildman–Crippen MR) is 80.6 cm³/mol. The minimum absolute atomic E-state index is 0.363. The quantitative estimate of drug-likeness (QED) is 0.776. The Bertz CT molecular complexity index is 617. The van der Waals surface area contributed by atoms with Gasteiger partial charge in [-0.2, -0.15) is 0 Å². The molecular weight excluding hydrogens is 307 g/mol. The van der Waals surface area contributed by atoms with E-state index >= 15 is 0 Å². The minimum Gasteiger partial charge on any atom is -0.306 e.